The average molecular weight is 183 g/mol. The van der Waals surface area contributed by atoms with Crippen LogP contribution in [-0.2, 0) is 9.59 Å². The molecule has 2 rings (SSSR count). The minimum Gasteiger partial charge on any atom is -0.391 e. The Labute approximate surface area is 76.5 Å². The lowest BCUT2D eigenvalue weighted by molar-refractivity contribution is -0.143. The summed E-state index contributed by atoms with van der Waals surface area (Å²) in [5, 5.41) is 9.31. The molecule has 0 aromatic heterocycles. The molecule has 2 aliphatic rings. The van der Waals surface area contributed by atoms with Gasteiger partial charge < -0.3 is 5.11 Å². The molecule has 2 fully saturated rings. The zero-order valence-electron chi connectivity index (χ0n) is 7.56. The first-order valence-electron chi connectivity index (χ1n) is 4.68. The zero-order valence-corrected chi connectivity index (χ0v) is 7.56. The van der Waals surface area contributed by atoms with Crippen LogP contribution in [0.5, 0.6) is 0 Å². The van der Waals surface area contributed by atoms with Crippen molar-refractivity contribution in [1.82, 2.24) is 4.90 Å². The highest BCUT2D eigenvalue weighted by atomic mass is 16.3. The van der Waals surface area contributed by atoms with Crippen molar-refractivity contribution >= 4 is 11.8 Å². The molecule has 1 saturated carbocycles. The van der Waals surface area contributed by atoms with Crippen molar-refractivity contribution in [3.63, 3.8) is 0 Å². The van der Waals surface area contributed by atoms with Gasteiger partial charge in [-0.05, 0) is 12.8 Å². The minimum atomic E-state index is -0.564. The lowest BCUT2D eigenvalue weighted by Crippen LogP contribution is -2.38. The Morgan fingerprint density at radius 2 is 2.00 bits per heavy atom. The van der Waals surface area contributed by atoms with Crippen molar-refractivity contribution in [2.45, 2.75) is 25.9 Å². The SMILES string of the molecule is CCC(O)CN1C(=O)C2CC2C1=O. The minimum absolute atomic E-state index is 0.0449. The molecule has 0 aromatic rings. The summed E-state index contributed by atoms with van der Waals surface area (Å²) in [4.78, 5) is 24.0. The second-order valence-electron chi connectivity index (χ2n) is 3.80. The molecule has 0 bridgehead atoms. The third-order valence-corrected chi connectivity index (χ3v) is 2.82. The molecule has 0 radical (unpaired) electrons. The van der Waals surface area contributed by atoms with Crippen LogP contribution in [0.25, 0.3) is 0 Å². The molecule has 4 nitrogen and oxygen atoms in total. The van der Waals surface area contributed by atoms with Gasteiger partial charge in [-0.15, -0.1) is 0 Å². The molecule has 0 aromatic carbocycles. The van der Waals surface area contributed by atoms with Gasteiger partial charge in [0, 0.05) is 0 Å². The summed E-state index contributed by atoms with van der Waals surface area (Å²) < 4.78 is 0. The Balaban J connectivity index is 2.00. The summed E-state index contributed by atoms with van der Waals surface area (Å²) in [5.74, 6) is -0.252. The molecule has 3 unspecified atom stereocenters. The van der Waals surface area contributed by atoms with E-state index in [1.807, 2.05) is 6.92 Å². The van der Waals surface area contributed by atoms with E-state index in [1.165, 1.54) is 4.90 Å². The van der Waals surface area contributed by atoms with Crippen LogP contribution in [0, 0.1) is 11.8 Å². The van der Waals surface area contributed by atoms with Gasteiger partial charge in [0.05, 0.1) is 24.5 Å². The Morgan fingerprint density at radius 1 is 1.46 bits per heavy atom. The van der Waals surface area contributed by atoms with E-state index in [2.05, 4.69) is 0 Å². The number of aliphatic hydroxyl groups excluding tert-OH is 1. The summed E-state index contributed by atoms with van der Waals surface area (Å²) >= 11 is 0. The Bertz CT molecular complexity index is 244. The maximum atomic E-state index is 11.4. The third kappa shape index (κ3) is 1.25. The molecule has 1 aliphatic heterocycles. The second kappa shape index (κ2) is 2.80. The molecule has 1 heterocycles. The Hall–Kier alpha value is -0.900. The van der Waals surface area contributed by atoms with E-state index in [0.717, 1.165) is 6.42 Å². The van der Waals surface area contributed by atoms with Crippen molar-refractivity contribution in [3.05, 3.63) is 0 Å². The van der Waals surface area contributed by atoms with Gasteiger partial charge >= 0.3 is 0 Å². The van der Waals surface area contributed by atoms with E-state index in [9.17, 15) is 14.7 Å². The number of piperidine rings is 1. The quantitative estimate of drug-likeness (QED) is 0.614. The Morgan fingerprint density at radius 3 is 2.46 bits per heavy atom. The zero-order chi connectivity index (χ0) is 9.59. The summed E-state index contributed by atoms with van der Waals surface area (Å²) in [6.45, 7) is 2.01. The summed E-state index contributed by atoms with van der Waals surface area (Å²) in [6, 6.07) is 0. The van der Waals surface area contributed by atoms with Crippen molar-refractivity contribution < 1.29 is 14.7 Å². The fourth-order valence-corrected chi connectivity index (χ4v) is 1.77. The van der Waals surface area contributed by atoms with Crippen LogP contribution in [0.3, 0.4) is 0 Å². The Kier molecular flexibility index (Phi) is 1.87. The van der Waals surface area contributed by atoms with Crippen molar-refractivity contribution in [2.75, 3.05) is 6.54 Å². The first-order chi connectivity index (χ1) is 6.15. The van der Waals surface area contributed by atoms with Crippen LogP contribution >= 0.6 is 0 Å². The topological polar surface area (TPSA) is 57.6 Å². The summed E-state index contributed by atoms with van der Waals surface area (Å²) in [6.07, 6.45) is 0.744. The maximum absolute atomic E-state index is 11.4. The number of carbonyl (C=O) groups is 2. The van der Waals surface area contributed by atoms with Gasteiger partial charge in [0.2, 0.25) is 11.8 Å². The van der Waals surface area contributed by atoms with Crippen LogP contribution < -0.4 is 0 Å². The van der Waals surface area contributed by atoms with Gasteiger partial charge in [-0.25, -0.2) is 0 Å². The highest BCUT2D eigenvalue weighted by Crippen LogP contribution is 2.46. The molecule has 0 spiro atoms. The number of carbonyl (C=O) groups excluding carboxylic acids is 2. The number of rotatable bonds is 3. The molecular weight excluding hydrogens is 170 g/mol. The molecule has 72 valence electrons. The van der Waals surface area contributed by atoms with E-state index < -0.39 is 6.10 Å². The highest BCUT2D eigenvalue weighted by Gasteiger charge is 2.58. The van der Waals surface area contributed by atoms with Gasteiger partial charge in [-0.2, -0.15) is 0 Å². The largest absolute Gasteiger partial charge is 0.391 e. The fourth-order valence-electron chi connectivity index (χ4n) is 1.77. The second-order valence-corrected chi connectivity index (χ2v) is 3.80. The number of amides is 2. The monoisotopic (exact) mass is 183 g/mol. The molecule has 13 heavy (non-hydrogen) atoms. The molecule has 3 atom stereocenters. The molecular formula is C9H13NO3. The van der Waals surface area contributed by atoms with Crippen molar-refractivity contribution in [1.29, 1.82) is 0 Å². The van der Waals surface area contributed by atoms with E-state index in [-0.39, 0.29) is 30.2 Å². The average Bonchev–Trinajstić information content (AvgIpc) is 2.86. The number of β-amino-alcohol motifs (C(OH)–C–C–N with tert-alkyl or cyclic N) is 1. The predicted octanol–water partition coefficient (Wildman–Crippen LogP) is -0.238. The van der Waals surface area contributed by atoms with Crippen molar-refractivity contribution in [3.8, 4) is 0 Å². The van der Waals surface area contributed by atoms with E-state index in [0.29, 0.717) is 6.42 Å². The smallest absolute Gasteiger partial charge is 0.233 e. The van der Waals surface area contributed by atoms with E-state index >= 15 is 0 Å². The third-order valence-electron chi connectivity index (χ3n) is 2.82. The molecule has 2 amide bonds. The number of aliphatic hydroxyl groups is 1. The molecule has 1 saturated heterocycles. The van der Waals surface area contributed by atoms with Gasteiger partial charge in [0.15, 0.2) is 0 Å². The number of likely N-dealkylation sites (tertiary alicyclic amines) is 1. The van der Waals surface area contributed by atoms with Crippen LogP contribution in [-0.4, -0.2) is 34.5 Å². The molecule has 1 aliphatic carbocycles. The molecule has 1 N–H and O–H groups in total. The van der Waals surface area contributed by atoms with Crippen LogP contribution in [0.2, 0.25) is 0 Å². The van der Waals surface area contributed by atoms with E-state index in [1.54, 1.807) is 0 Å². The van der Waals surface area contributed by atoms with Gasteiger partial charge in [-0.1, -0.05) is 6.92 Å². The fraction of sp³-hybridized carbons (Fsp3) is 0.778. The predicted molar refractivity (Wildman–Crippen MR) is 44.6 cm³/mol. The highest BCUT2D eigenvalue weighted by molar-refractivity contribution is 6.08. The first-order valence-corrected chi connectivity index (χ1v) is 4.68. The standard InChI is InChI=1S/C9H13NO3/c1-2-5(11)4-10-8(12)6-3-7(6)9(10)13/h5-7,11H,2-4H2,1H3. The number of imide groups is 1. The van der Waals surface area contributed by atoms with E-state index in [4.69, 9.17) is 0 Å². The van der Waals surface area contributed by atoms with Crippen LogP contribution in [0.1, 0.15) is 19.8 Å². The van der Waals surface area contributed by atoms with Crippen LogP contribution in [0.4, 0.5) is 0 Å². The summed E-state index contributed by atoms with van der Waals surface area (Å²) in [5.41, 5.74) is 0. The number of fused-ring (bicyclic) bond motifs is 1. The molecule has 4 heteroatoms. The summed E-state index contributed by atoms with van der Waals surface area (Å²) in [7, 11) is 0. The maximum Gasteiger partial charge on any atom is 0.233 e. The number of nitrogens with zero attached hydrogens (tertiary/aromatic N) is 1. The number of hydrogen-bond donors (Lipinski definition) is 1. The number of hydrogen-bond acceptors (Lipinski definition) is 3. The lowest BCUT2D eigenvalue weighted by Gasteiger charge is -2.19. The van der Waals surface area contributed by atoms with Gasteiger partial charge in [0.1, 0.15) is 0 Å². The van der Waals surface area contributed by atoms with Crippen LogP contribution in [0.15, 0.2) is 0 Å². The lowest BCUT2D eigenvalue weighted by atomic mass is 10.2. The normalized spacial score (nSPS) is 33.5. The first kappa shape index (κ1) is 8.69. The van der Waals surface area contributed by atoms with Crippen molar-refractivity contribution in [2.24, 2.45) is 11.8 Å². The van der Waals surface area contributed by atoms with Gasteiger partial charge in [0.25, 0.3) is 0 Å². The van der Waals surface area contributed by atoms with Gasteiger partial charge in [-0.3, -0.25) is 14.5 Å².